The molecule has 1 N–H and O–H groups in total. The van der Waals surface area contributed by atoms with Crippen molar-refractivity contribution in [1.82, 2.24) is 5.32 Å². The molecule has 1 aromatic carbocycles. The molecule has 1 heterocycles. The van der Waals surface area contributed by atoms with E-state index in [4.69, 9.17) is 9.47 Å². The Bertz CT molecular complexity index is 464. The number of fused-ring (bicyclic) bond motifs is 1. The van der Waals surface area contributed by atoms with E-state index in [1.54, 1.807) is 0 Å². The maximum Gasteiger partial charge on any atom is 0.231 e. The van der Waals surface area contributed by atoms with Crippen molar-refractivity contribution in [2.24, 2.45) is 11.8 Å². The highest BCUT2D eigenvalue weighted by Crippen LogP contribution is 2.35. The van der Waals surface area contributed by atoms with Gasteiger partial charge in [-0.1, -0.05) is 26.3 Å². The molecule has 110 valence electrons. The second-order valence-corrected chi connectivity index (χ2v) is 6.41. The minimum atomic E-state index is 0.345. The predicted molar refractivity (Wildman–Crippen MR) is 80.1 cm³/mol. The van der Waals surface area contributed by atoms with E-state index in [0.717, 1.165) is 23.3 Å². The molecular weight excluding hydrogens is 250 g/mol. The van der Waals surface area contributed by atoms with Gasteiger partial charge in [0.25, 0.3) is 0 Å². The zero-order valence-corrected chi connectivity index (χ0v) is 12.7. The first-order valence-corrected chi connectivity index (χ1v) is 7.80. The van der Waals surface area contributed by atoms with E-state index >= 15 is 0 Å². The van der Waals surface area contributed by atoms with Crippen molar-refractivity contribution in [2.45, 2.75) is 52.1 Å². The van der Waals surface area contributed by atoms with Crippen molar-refractivity contribution in [3.8, 4) is 11.5 Å². The number of rotatable bonds is 3. The van der Waals surface area contributed by atoms with Crippen LogP contribution in [0.4, 0.5) is 0 Å². The third-order valence-electron chi connectivity index (χ3n) is 4.88. The summed E-state index contributed by atoms with van der Waals surface area (Å²) in [5, 5.41) is 3.83. The molecule has 1 aliphatic heterocycles. The number of benzene rings is 1. The molecule has 1 fully saturated rings. The third-order valence-corrected chi connectivity index (χ3v) is 4.88. The summed E-state index contributed by atoms with van der Waals surface area (Å²) >= 11 is 0. The van der Waals surface area contributed by atoms with Gasteiger partial charge >= 0.3 is 0 Å². The summed E-state index contributed by atoms with van der Waals surface area (Å²) < 4.78 is 10.8. The van der Waals surface area contributed by atoms with Gasteiger partial charge in [-0.15, -0.1) is 0 Å². The Balaban J connectivity index is 1.70. The molecule has 0 radical (unpaired) electrons. The van der Waals surface area contributed by atoms with Crippen LogP contribution in [0.5, 0.6) is 11.5 Å². The molecule has 3 nitrogen and oxygen atoms in total. The average molecular weight is 275 g/mol. The molecule has 0 spiro atoms. The molecule has 0 bridgehead atoms. The molecule has 0 aromatic heterocycles. The lowest BCUT2D eigenvalue weighted by Gasteiger charge is -2.37. The molecule has 0 amide bonds. The largest absolute Gasteiger partial charge is 0.454 e. The maximum atomic E-state index is 5.47. The van der Waals surface area contributed by atoms with Gasteiger partial charge in [0.15, 0.2) is 11.5 Å². The normalized spacial score (nSPS) is 30.2. The molecule has 3 heteroatoms. The topological polar surface area (TPSA) is 30.5 Å². The molecule has 3 atom stereocenters. The fourth-order valence-corrected chi connectivity index (χ4v) is 3.58. The van der Waals surface area contributed by atoms with E-state index in [0.29, 0.717) is 18.9 Å². The number of hydrogen-bond donors (Lipinski definition) is 1. The fraction of sp³-hybridized carbons (Fsp3) is 0.647. The van der Waals surface area contributed by atoms with Crippen LogP contribution in [0, 0.1) is 11.8 Å². The molecular formula is C17H25NO2. The van der Waals surface area contributed by atoms with Crippen molar-refractivity contribution in [2.75, 3.05) is 6.79 Å². The molecule has 3 unspecified atom stereocenters. The van der Waals surface area contributed by atoms with Crippen LogP contribution in [0.25, 0.3) is 0 Å². The summed E-state index contributed by atoms with van der Waals surface area (Å²) in [7, 11) is 0. The van der Waals surface area contributed by atoms with Gasteiger partial charge < -0.3 is 14.8 Å². The number of nitrogens with one attached hydrogen (secondary N) is 1. The summed E-state index contributed by atoms with van der Waals surface area (Å²) in [6, 6.07) is 7.23. The summed E-state index contributed by atoms with van der Waals surface area (Å²) in [5.41, 5.74) is 1.28. The SMILES string of the molecule is CC(NC1C(C)CCCC1C)c1ccc2c(c1)OCO2. The molecule has 0 saturated heterocycles. The highest BCUT2D eigenvalue weighted by Gasteiger charge is 2.29. The zero-order chi connectivity index (χ0) is 14.1. The summed E-state index contributed by atoms with van der Waals surface area (Å²) in [5.74, 6) is 3.26. The van der Waals surface area contributed by atoms with Crippen LogP contribution in [0.1, 0.15) is 51.6 Å². The quantitative estimate of drug-likeness (QED) is 0.907. The van der Waals surface area contributed by atoms with Gasteiger partial charge in [-0.2, -0.15) is 0 Å². The summed E-state index contributed by atoms with van der Waals surface area (Å²) in [4.78, 5) is 0. The van der Waals surface area contributed by atoms with Crippen LogP contribution in [0.15, 0.2) is 18.2 Å². The highest BCUT2D eigenvalue weighted by molar-refractivity contribution is 5.45. The Morgan fingerprint density at radius 3 is 2.55 bits per heavy atom. The molecule has 1 saturated carbocycles. The molecule has 20 heavy (non-hydrogen) atoms. The minimum Gasteiger partial charge on any atom is -0.454 e. The zero-order valence-electron chi connectivity index (χ0n) is 12.7. The maximum absolute atomic E-state index is 5.47. The Labute approximate surface area is 121 Å². The molecule has 1 aliphatic carbocycles. The van der Waals surface area contributed by atoms with Gasteiger partial charge in [0, 0.05) is 12.1 Å². The Morgan fingerprint density at radius 1 is 1.10 bits per heavy atom. The highest BCUT2D eigenvalue weighted by atomic mass is 16.7. The van der Waals surface area contributed by atoms with Crippen LogP contribution < -0.4 is 14.8 Å². The first-order chi connectivity index (χ1) is 9.65. The second-order valence-electron chi connectivity index (χ2n) is 6.41. The number of ether oxygens (including phenoxy) is 2. The van der Waals surface area contributed by atoms with E-state index in [2.05, 4.69) is 38.2 Å². The van der Waals surface area contributed by atoms with Gasteiger partial charge in [0.2, 0.25) is 6.79 Å². The monoisotopic (exact) mass is 275 g/mol. The Hall–Kier alpha value is -1.22. The van der Waals surface area contributed by atoms with E-state index in [1.165, 1.54) is 24.8 Å². The van der Waals surface area contributed by atoms with Crippen LogP contribution in [0.2, 0.25) is 0 Å². The van der Waals surface area contributed by atoms with E-state index in [9.17, 15) is 0 Å². The Morgan fingerprint density at radius 2 is 1.80 bits per heavy atom. The Kier molecular flexibility index (Phi) is 3.88. The average Bonchev–Trinajstić information content (AvgIpc) is 2.90. The van der Waals surface area contributed by atoms with Crippen molar-refractivity contribution < 1.29 is 9.47 Å². The molecule has 2 aliphatic rings. The molecule has 3 rings (SSSR count). The van der Waals surface area contributed by atoms with E-state index in [1.807, 2.05) is 6.07 Å². The van der Waals surface area contributed by atoms with E-state index < -0.39 is 0 Å². The van der Waals surface area contributed by atoms with Crippen LogP contribution in [-0.2, 0) is 0 Å². The minimum absolute atomic E-state index is 0.345. The first-order valence-electron chi connectivity index (χ1n) is 7.80. The molecule has 1 aromatic rings. The third kappa shape index (κ3) is 2.64. The van der Waals surface area contributed by atoms with Crippen molar-refractivity contribution >= 4 is 0 Å². The van der Waals surface area contributed by atoms with Crippen molar-refractivity contribution in [3.05, 3.63) is 23.8 Å². The summed E-state index contributed by atoms with van der Waals surface area (Å²) in [6.07, 6.45) is 4.06. The van der Waals surface area contributed by atoms with Gasteiger partial charge in [-0.25, -0.2) is 0 Å². The lowest BCUT2D eigenvalue weighted by atomic mass is 9.78. The predicted octanol–water partition coefficient (Wildman–Crippen LogP) is 3.89. The van der Waals surface area contributed by atoms with Gasteiger partial charge in [-0.05, 0) is 49.3 Å². The van der Waals surface area contributed by atoms with Crippen molar-refractivity contribution in [3.63, 3.8) is 0 Å². The fourth-order valence-electron chi connectivity index (χ4n) is 3.58. The number of hydrogen-bond acceptors (Lipinski definition) is 3. The van der Waals surface area contributed by atoms with Gasteiger partial charge in [0.1, 0.15) is 0 Å². The summed E-state index contributed by atoms with van der Waals surface area (Å²) in [6.45, 7) is 7.34. The van der Waals surface area contributed by atoms with E-state index in [-0.39, 0.29) is 0 Å². The van der Waals surface area contributed by atoms with Gasteiger partial charge in [0.05, 0.1) is 0 Å². The van der Waals surface area contributed by atoms with Crippen LogP contribution in [0.3, 0.4) is 0 Å². The second kappa shape index (κ2) is 5.65. The van der Waals surface area contributed by atoms with Crippen LogP contribution in [-0.4, -0.2) is 12.8 Å². The first kappa shape index (κ1) is 13.7. The van der Waals surface area contributed by atoms with Gasteiger partial charge in [-0.3, -0.25) is 0 Å². The lowest BCUT2D eigenvalue weighted by molar-refractivity contribution is 0.174. The standard InChI is InChI=1S/C17H25NO2/c1-11-5-4-6-12(2)17(11)18-13(3)14-7-8-15-16(9-14)20-10-19-15/h7-9,11-13,17-18H,4-6,10H2,1-3H3. The van der Waals surface area contributed by atoms with Crippen molar-refractivity contribution in [1.29, 1.82) is 0 Å². The van der Waals surface area contributed by atoms with Crippen LogP contribution >= 0.6 is 0 Å². The lowest BCUT2D eigenvalue weighted by Crippen LogP contribution is -2.43. The smallest absolute Gasteiger partial charge is 0.231 e.